The predicted molar refractivity (Wildman–Crippen MR) is 116 cm³/mol. The van der Waals surface area contributed by atoms with Gasteiger partial charge < -0.3 is 29.7 Å². The van der Waals surface area contributed by atoms with Crippen LogP contribution >= 0.6 is 0 Å². The number of ether oxygens (including phenoxy) is 3. The molecule has 7 heteroatoms. The quantitative estimate of drug-likeness (QED) is 0.305. The van der Waals surface area contributed by atoms with Crippen molar-refractivity contribution in [2.45, 2.75) is 32.7 Å². The van der Waals surface area contributed by atoms with E-state index in [4.69, 9.17) is 19.2 Å². The Bertz CT molecular complexity index is 579. The van der Waals surface area contributed by atoms with Gasteiger partial charge in [0, 0.05) is 26.3 Å². The monoisotopic (exact) mass is 394 g/mol. The number of aliphatic imine (C=N–C) groups is 1. The highest BCUT2D eigenvalue weighted by Gasteiger charge is 2.16. The van der Waals surface area contributed by atoms with Gasteiger partial charge in [-0.15, -0.1) is 0 Å². The number of rotatable bonds is 13. The summed E-state index contributed by atoms with van der Waals surface area (Å²) in [5.41, 5.74) is 1.14. The van der Waals surface area contributed by atoms with E-state index in [0.29, 0.717) is 6.54 Å². The third kappa shape index (κ3) is 8.35. The average molecular weight is 395 g/mol. The molecule has 0 heterocycles. The number of hydrogen-bond acceptors (Lipinski definition) is 5. The van der Waals surface area contributed by atoms with Crippen molar-refractivity contribution in [3.8, 4) is 11.5 Å². The van der Waals surface area contributed by atoms with Gasteiger partial charge in [0.1, 0.15) is 0 Å². The van der Waals surface area contributed by atoms with Crippen LogP contribution in [-0.2, 0) is 4.74 Å². The molecule has 1 aromatic rings. The van der Waals surface area contributed by atoms with Gasteiger partial charge in [0.05, 0.1) is 26.8 Å². The van der Waals surface area contributed by atoms with E-state index in [0.717, 1.165) is 62.2 Å². The second-order valence-corrected chi connectivity index (χ2v) is 6.64. The largest absolute Gasteiger partial charge is 0.493 e. The molecule has 1 aromatic carbocycles. The molecule has 160 valence electrons. The Hall–Kier alpha value is -1.99. The number of nitrogens with zero attached hydrogens (tertiary/aromatic N) is 2. The molecule has 0 aliphatic carbocycles. The van der Waals surface area contributed by atoms with Crippen LogP contribution in [0, 0.1) is 0 Å². The molecule has 0 fully saturated rings. The number of nitrogens with one attached hydrogen (secondary N) is 2. The van der Waals surface area contributed by atoms with E-state index in [9.17, 15) is 0 Å². The normalized spacial score (nSPS) is 12.8. The fourth-order valence-electron chi connectivity index (χ4n) is 2.83. The van der Waals surface area contributed by atoms with E-state index < -0.39 is 0 Å². The standard InChI is InChI=1S/C21H38N4O3/c1-7-22-21(23-13-9-10-14-28-8-2)24-16-18(25(3)4)17-11-12-19(26-5)20(15-17)27-6/h11-12,15,18H,7-10,13-14,16H2,1-6H3,(H2,22,23,24). The number of likely N-dealkylation sites (N-methyl/N-ethyl adjacent to an activating group) is 1. The van der Waals surface area contributed by atoms with E-state index in [1.807, 2.05) is 19.1 Å². The van der Waals surface area contributed by atoms with Crippen LogP contribution in [0.3, 0.4) is 0 Å². The Kier molecular flexibility index (Phi) is 12.1. The fraction of sp³-hybridized carbons (Fsp3) is 0.667. The molecule has 0 aliphatic rings. The van der Waals surface area contributed by atoms with Gasteiger partial charge in [0.25, 0.3) is 0 Å². The minimum atomic E-state index is 0.133. The first-order valence-electron chi connectivity index (χ1n) is 10.1. The number of hydrogen-bond donors (Lipinski definition) is 2. The van der Waals surface area contributed by atoms with E-state index in [2.05, 4.69) is 42.6 Å². The summed E-state index contributed by atoms with van der Waals surface area (Å²) in [4.78, 5) is 6.96. The van der Waals surface area contributed by atoms with Gasteiger partial charge in [-0.3, -0.25) is 4.99 Å². The third-order valence-electron chi connectivity index (χ3n) is 4.39. The zero-order valence-corrected chi connectivity index (χ0v) is 18.4. The van der Waals surface area contributed by atoms with Gasteiger partial charge in [-0.2, -0.15) is 0 Å². The molecule has 7 nitrogen and oxygen atoms in total. The topological polar surface area (TPSA) is 67.4 Å². The molecule has 0 spiro atoms. The molecule has 0 amide bonds. The Morgan fingerprint density at radius 2 is 1.82 bits per heavy atom. The lowest BCUT2D eigenvalue weighted by Gasteiger charge is -2.24. The minimum absolute atomic E-state index is 0.133. The molecule has 0 saturated heterocycles. The van der Waals surface area contributed by atoms with Crippen LogP contribution in [0.1, 0.15) is 38.3 Å². The van der Waals surface area contributed by atoms with Gasteiger partial charge >= 0.3 is 0 Å². The number of methoxy groups -OCH3 is 2. The maximum Gasteiger partial charge on any atom is 0.191 e. The van der Waals surface area contributed by atoms with Gasteiger partial charge in [-0.1, -0.05) is 6.07 Å². The summed E-state index contributed by atoms with van der Waals surface area (Å²) in [5, 5.41) is 6.72. The fourth-order valence-corrected chi connectivity index (χ4v) is 2.83. The van der Waals surface area contributed by atoms with Crippen molar-refractivity contribution in [1.29, 1.82) is 0 Å². The summed E-state index contributed by atoms with van der Waals surface area (Å²) >= 11 is 0. The van der Waals surface area contributed by atoms with Crippen molar-refractivity contribution in [2.75, 3.05) is 61.2 Å². The van der Waals surface area contributed by atoms with Crippen LogP contribution in [0.5, 0.6) is 11.5 Å². The molecular weight excluding hydrogens is 356 g/mol. The number of benzene rings is 1. The van der Waals surface area contributed by atoms with Gasteiger partial charge in [0.2, 0.25) is 0 Å². The molecule has 1 unspecified atom stereocenters. The minimum Gasteiger partial charge on any atom is -0.493 e. The van der Waals surface area contributed by atoms with Crippen LogP contribution in [0.15, 0.2) is 23.2 Å². The van der Waals surface area contributed by atoms with E-state index in [1.54, 1.807) is 14.2 Å². The van der Waals surface area contributed by atoms with Gasteiger partial charge in [0.15, 0.2) is 17.5 Å². The highest BCUT2D eigenvalue weighted by Crippen LogP contribution is 2.31. The molecule has 0 aromatic heterocycles. The second-order valence-electron chi connectivity index (χ2n) is 6.64. The lowest BCUT2D eigenvalue weighted by molar-refractivity contribution is 0.143. The maximum absolute atomic E-state index is 5.45. The van der Waals surface area contributed by atoms with Crippen molar-refractivity contribution < 1.29 is 14.2 Å². The first-order chi connectivity index (χ1) is 13.6. The third-order valence-corrected chi connectivity index (χ3v) is 4.39. The summed E-state index contributed by atoms with van der Waals surface area (Å²) in [7, 11) is 7.42. The molecule has 2 N–H and O–H groups in total. The molecule has 0 aliphatic heterocycles. The molecule has 0 radical (unpaired) electrons. The smallest absolute Gasteiger partial charge is 0.191 e. The first kappa shape index (κ1) is 24.0. The van der Waals surface area contributed by atoms with Crippen LogP contribution in [0.4, 0.5) is 0 Å². The number of unbranched alkanes of at least 4 members (excludes halogenated alkanes) is 1. The Morgan fingerprint density at radius 3 is 2.43 bits per heavy atom. The Morgan fingerprint density at radius 1 is 1.07 bits per heavy atom. The highest BCUT2D eigenvalue weighted by molar-refractivity contribution is 5.79. The molecule has 0 bridgehead atoms. The van der Waals surface area contributed by atoms with Crippen molar-refractivity contribution in [3.05, 3.63) is 23.8 Å². The van der Waals surface area contributed by atoms with Gasteiger partial charge in [-0.05, 0) is 58.5 Å². The predicted octanol–water partition coefficient (Wildman–Crippen LogP) is 2.68. The summed E-state index contributed by atoms with van der Waals surface area (Å²) in [6, 6.07) is 6.16. The lowest BCUT2D eigenvalue weighted by Crippen LogP contribution is -2.38. The zero-order valence-electron chi connectivity index (χ0n) is 18.4. The molecule has 1 atom stereocenters. The first-order valence-corrected chi connectivity index (χ1v) is 10.1. The van der Waals surface area contributed by atoms with Crippen LogP contribution in [0.2, 0.25) is 0 Å². The molecular formula is C21H38N4O3. The maximum atomic E-state index is 5.45. The summed E-state index contributed by atoms with van der Waals surface area (Å²) in [6.45, 7) is 8.03. The average Bonchev–Trinajstić information content (AvgIpc) is 2.70. The summed E-state index contributed by atoms with van der Waals surface area (Å²) < 4.78 is 16.2. The van der Waals surface area contributed by atoms with Crippen molar-refractivity contribution in [2.24, 2.45) is 4.99 Å². The summed E-state index contributed by atoms with van der Waals surface area (Å²) in [5.74, 6) is 2.30. The lowest BCUT2D eigenvalue weighted by atomic mass is 10.1. The summed E-state index contributed by atoms with van der Waals surface area (Å²) in [6.07, 6.45) is 2.10. The van der Waals surface area contributed by atoms with Crippen molar-refractivity contribution >= 4 is 5.96 Å². The molecule has 1 rings (SSSR count). The Balaban J connectivity index is 2.76. The van der Waals surface area contributed by atoms with Crippen molar-refractivity contribution in [1.82, 2.24) is 15.5 Å². The molecule has 0 saturated carbocycles. The van der Waals surface area contributed by atoms with Gasteiger partial charge in [-0.25, -0.2) is 0 Å². The zero-order chi connectivity index (χ0) is 20.8. The highest BCUT2D eigenvalue weighted by atomic mass is 16.5. The van der Waals surface area contributed by atoms with E-state index >= 15 is 0 Å². The van der Waals surface area contributed by atoms with Crippen LogP contribution in [-0.4, -0.2) is 72.0 Å². The van der Waals surface area contributed by atoms with E-state index in [1.165, 1.54) is 0 Å². The van der Waals surface area contributed by atoms with Crippen LogP contribution in [0.25, 0.3) is 0 Å². The molecule has 28 heavy (non-hydrogen) atoms. The SMILES string of the molecule is CCNC(=NCC(c1ccc(OC)c(OC)c1)N(C)C)NCCCCOCC. The van der Waals surface area contributed by atoms with Crippen LogP contribution < -0.4 is 20.1 Å². The number of guanidine groups is 1. The van der Waals surface area contributed by atoms with E-state index in [-0.39, 0.29) is 6.04 Å². The van der Waals surface area contributed by atoms with Crippen molar-refractivity contribution in [3.63, 3.8) is 0 Å². The Labute approximate surface area is 170 Å². The second kappa shape index (κ2) is 14.1.